The van der Waals surface area contributed by atoms with Crippen molar-refractivity contribution in [2.45, 2.75) is 4.90 Å². The minimum absolute atomic E-state index is 0.00463. The second-order valence-electron chi connectivity index (χ2n) is 2.50. The molecule has 0 aromatic heterocycles. The third-order valence-electron chi connectivity index (χ3n) is 1.50. The Balaban J connectivity index is 3.44. The van der Waals surface area contributed by atoms with Crippen molar-refractivity contribution < 1.29 is 8.42 Å². The van der Waals surface area contributed by atoms with Gasteiger partial charge in [0.25, 0.3) is 9.05 Å². The zero-order valence-corrected chi connectivity index (χ0v) is 9.12. The van der Waals surface area contributed by atoms with E-state index in [1.807, 2.05) is 0 Å². The highest BCUT2D eigenvalue weighted by Crippen LogP contribution is 2.25. The molecule has 0 unspecified atom stereocenters. The second kappa shape index (κ2) is 3.76. The Labute approximate surface area is 90.6 Å². The molecule has 4 nitrogen and oxygen atoms in total. The number of hydrogen-bond acceptors (Lipinski definition) is 3. The lowest BCUT2D eigenvalue weighted by Gasteiger charge is -2.02. The van der Waals surface area contributed by atoms with Crippen LogP contribution >= 0.6 is 22.3 Å². The number of nitrogens with one attached hydrogen (secondary N) is 1. The van der Waals surface area contributed by atoms with E-state index in [2.05, 4.69) is 0 Å². The molecule has 0 atom stereocenters. The summed E-state index contributed by atoms with van der Waals surface area (Å²) in [6, 6.07) is 3.93. The molecule has 1 aromatic rings. The van der Waals surface area contributed by atoms with Crippen LogP contribution in [0.15, 0.2) is 23.1 Å². The van der Waals surface area contributed by atoms with Gasteiger partial charge in [-0.2, -0.15) is 0 Å². The van der Waals surface area contributed by atoms with Crippen molar-refractivity contribution in [1.82, 2.24) is 0 Å². The predicted octanol–water partition coefficient (Wildman–Crippen LogP) is 1.55. The van der Waals surface area contributed by atoms with Gasteiger partial charge < -0.3 is 5.73 Å². The molecule has 0 saturated heterocycles. The maximum Gasteiger partial charge on any atom is 0.262 e. The van der Waals surface area contributed by atoms with Gasteiger partial charge >= 0.3 is 0 Å². The smallest absolute Gasteiger partial charge is 0.262 e. The first-order valence-corrected chi connectivity index (χ1v) is 6.09. The van der Waals surface area contributed by atoms with Crippen LogP contribution in [0.5, 0.6) is 0 Å². The van der Waals surface area contributed by atoms with Gasteiger partial charge in [-0.3, -0.25) is 5.41 Å². The molecule has 0 saturated carbocycles. The van der Waals surface area contributed by atoms with Crippen molar-refractivity contribution in [3.05, 3.63) is 28.8 Å². The first kappa shape index (κ1) is 11.3. The van der Waals surface area contributed by atoms with Gasteiger partial charge in [-0.25, -0.2) is 8.42 Å². The fourth-order valence-electron chi connectivity index (χ4n) is 0.858. The summed E-state index contributed by atoms with van der Waals surface area (Å²) >= 11 is 5.61. The van der Waals surface area contributed by atoms with Crippen molar-refractivity contribution in [3.63, 3.8) is 0 Å². The molecule has 0 bridgehead atoms. The first-order valence-electron chi connectivity index (χ1n) is 3.41. The summed E-state index contributed by atoms with van der Waals surface area (Å²) in [6.07, 6.45) is 0. The summed E-state index contributed by atoms with van der Waals surface area (Å²) in [5, 5.41) is 7.11. The van der Waals surface area contributed by atoms with Crippen molar-refractivity contribution >= 4 is 37.2 Å². The fourth-order valence-corrected chi connectivity index (χ4v) is 2.35. The molecule has 0 amide bonds. The van der Waals surface area contributed by atoms with Gasteiger partial charge in [-0.05, 0) is 18.2 Å². The zero-order chi connectivity index (χ0) is 10.9. The Kier molecular flexibility index (Phi) is 3.04. The van der Waals surface area contributed by atoms with Crippen LogP contribution in [0.4, 0.5) is 0 Å². The lowest BCUT2D eigenvalue weighted by atomic mass is 10.2. The van der Waals surface area contributed by atoms with E-state index in [4.69, 9.17) is 33.4 Å². The number of halogens is 2. The van der Waals surface area contributed by atoms with Gasteiger partial charge in [0.15, 0.2) is 0 Å². The highest BCUT2D eigenvalue weighted by Gasteiger charge is 2.15. The Morgan fingerprint density at radius 2 is 2.00 bits per heavy atom. The average Bonchev–Trinajstić information content (AvgIpc) is 2.02. The molecule has 0 fully saturated rings. The van der Waals surface area contributed by atoms with Crippen molar-refractivity contribution in [1.29, 1.82) is 5.41 Å². The van der Waals surface area contributed by atoms with E-state index < -0.39 is 9.05 Å². The molecular weight excluding hydrogens is 247 g/mol. The molecule has 0 aliphatic rings. The lowest BCUT2D eigenvalue weighted by Crippen LogP contribution is -2.11. The maximum absolute atomic E-state index is 11.0. The molecule has 1 rings (SSSR count). The van der Waals surface area contributed by atoms with Gasteiger partial charge in [0, 0.05) is 16.2 Å². The summed E-state index contributed by atoms with van der Waals surface area (Å²) < 4.78 is 22.0. The van der Waals surface area contributed by atoms with E-state index in [-0.39, 0.29) is 21.3 Å². The minimum Gasteiger partial charge on any atom is -0.384 e. The monoisotopic (exact) mass is 252 g/mol. The number of nitrogens with two attached hydrogens (primary N) is 1. The quantitative estimate of drug-likeness (QED) is 0.476. The normalized spacial score (nSPS) is 11.3. The van der Waals surface area contributed by atoms with Crippen LogP contribution in [0.1, 0.15) is 5.56 Å². The molecule has 3 N–H and O–H groups in total. The third kappa shape index (κ3) is 2.37. The van der Waals surface area contributed by atoms with Crippen molar-refractivity contribution in [2.75, 3.05) is 0 Å². The van der Waals surface area contributed by atoms with Crippen LogP contribution in [-0.2, 0) is 9.05 Å². The highest BCUT2D eigenvalue weighted by atomic mass is 35.7. The molecular formula is C7H6Cl2N2O2S. The second-order valence-corrected chi connectivity index (χ2v) is 5.44. The summed E-state index contributed by atoms with van der Waals surface area (Å²) in [5.74, 6) is -0.247. The molecule has 0 radical (unpaired) electrons. The Morgan fingerprint density at radius 3 is 2.43 bits per heavy atom. The maximum atomic E-state index is 11.0. The summed E-state index contributed by atoms with van der Waals surface area (Å²) in [6.45, 7) is 0. The molecule has 1 aromatic carbocycles. The van der Waals surface area contributed by atoms with Crippen LogP contribution in [0, 0.1) is 5.41 Å². The van der Waals surface area contributed by atoms with Gasteiger partial charge in [0.2, 0.25) is 0 Å². The minimum atomic E-state index is -3.90. The van der Waals surface area contributed by atoms with E-state index in [0.29, 0.717) is 0 Å². The van der Waals surface area contributed by atoms with Gasteiger partial charge in [0.1, 0.15) is 10.7 Å². The van der Waals surface area contributed by atoms with Crippen LogP contribution in [-0.4, -0.2) is 14.3 Å². The lowest BCUT2D eigenvalue weighted by molar-refractivity contribution is 0.609. The molecule has 0 heterocycles. The summed E-state index contributed by atoms with van der Waals surface area (Å²) in [5.41, 5.74) is 5.44. The predicted molar refractivity (Wildman–Crippen MR) is 55.5 cm³/mol. The summed E-state index contributed by atoms with van der Waals surface area (Å²) in [7, 11) is 1.22. The molecule has 76 valence electrons. The Hall–Kier alpha value is -0.780. The molecule has 7 heteroatoms. The van der Waals surface area contributed by atoms with E-state index in [0.717, 1.165) is 6.07 Å². The Bertz CT molecular complexity index is 484. The number of nitrogen functional groups attached to an aromatic ring is 1. The van der Waals surface area contributed by atoms with Gasteiger partial charge in [-0.15, -0.1) is 0 Å². The molecule has 0 spiro atoms. The van der Waals surface area contributed by atoms with Gasteiger partial charge in [0.05, 0.1) is 5.02 Å². The number of benzene rings is 1. The average molecular weight is 253 g/mol. The topological polar surface area (TPSA) is 84.0 Å². The van der Waals surface area contributed by atoms with Crippen LogP contribution in [0.2, 0.25) is 5.02 Å². The van der Waals surface area contributed by atoms with E-state index in [9.17, 15) is 8.42 Å². The highest BCUT2D eigenvalue weighted by molar-refractivity contribution is 8.13. The van der Waals surface area contributed by atoms with E-state index >= 15 is 0 Å². The van der Waals surface area contributed by atoms with Crippen molar-refractivity contribution in [2.24, 2.45) is 5.73 Å². The number of amidine groups is 1. The first-order chi connectivity index (χ1) is 6.32. The van der Waals surface area contributed by atoms with Crippen LogP contribution in [0.25, 0.3) is 0 Å². The molecule has 0 aliphatic heterocycles. The fraction of sp³-hybridized carbons (Fsp3) is 0. The number of rotatable bonds is 2. The zero-order valence-electron chi connectivity index (χ0n) is 6.79. The third-order valence-corrected chi connectivity index (χ3v) is 3.31. The molecule has 14 heavy (non-hydrogen) atoms. The summed E-state index contributed by atoms with van der Waals surface area (Å²) in [4.78, 5) is -0.242. The van der Waals surface area contributed by atoms with Crippen LogP contribution < -0.4 is 5.73 Å². The van der Waals surface area contributed by atoms with Crippen LogP contribution in [0.3, 0.4) is 0 Å². The standard InChI is InChI=1S/C7H6Cl2N2O2S/c8-5-2-1-4(7(10)11)3-6(5)14(9,12)13/h1-3H,(H3,10,11). The molecule has 0 aliphatic carbocycles. The SMILES string of the molecule is N=C(N)c1ccc(Cl)c(S(=O)(=O)Cl)c1. The largest absolute Gasteiger partial charge is 0.384 e. The Morgan fingerprint density at radius 1 is 1.43 bits per heavy atom. The van der Waals surface area contributed by atoms with E-state index in [1.165, 1.54) is 12.1 Å². The van der Waals surface area contributed by atoms with Crippen molar-refractivity contribution in [3.8, 4) is 0 Å². The van der Waals surface area contributed by atoms with E-state index in [1.54, 1.807) is 0 Å². The number of hydrogen-bond donors (Lipinski definition) is 2. The van der Waals surface area contributed by atoms with Gasteiger partial charge in [-0.1, -0.05) is 11.6 Å².